The number of nitrogens with zero attached hydrogens (tertiary/aromatic N) is 2. The Bertz CT molecular complexity index is 1140. The van der Waals surface area contributed by atoms with Crippen LogP contribution in [0.1, 0.15) is 27.9 Å². The van der Waals surface area contributed by atoms with Crippen molar-refractivity contribution in [3.8, 4) is 17.1 Å². The Balaban J connectivity index is 1.59. The third-order valence-corrected chi connectivity index (χ3v) is 5.03. The molecule has 31 heavy (non-hydrogen) atoms. The Labute approximate surface area is 184 Å². The van der Waals surface area contributed by atoms with Crippen LogP contribution < -0.4 is 10.1 Å². The van der Waals surface area contributed by atoms with Gasteiger partial charge in [-0.15, -0.1) is 0 Å². The number of carbonyl (C=O) groups is 1. The number of ether oxygens (including phenoxy) is 1. The highest BCUT2D eigenvalue weighted by Crippen LogP contribution is 2.23. The number of benzene rings is 3. The number of rotatable bonds is 7. The van der Waals surface area contributed by atoms with E-state index in [1.807, 2.05) is 42.5 Å². The van der Waals surface area contributed by atoms with Crippen molar-refractivity contribution in [1.82, 2.24) is 15.5 Å². The molecule has 4 aromatic rings. The first-order chi connectivity index (χ1) is 15.1. The second kappa shape index (κ2) is 9.45. The van der Waals surface area contributed by atoms with Crippen LogP contribution in [0.3, 0.4) is 0 Å². The number of aromatic nitrogens is 2. The van der Waals surface area contributed by atoms with Gasteiger partial charge >= 0.3 is 0 Å². The topological polar surface area (TPSA) is 77.2 Å². The van der Waals surface area contributed by atoms with Crippen molar-refractivity contribution in [3.05, 3.63) is 101 Å². The lowest BCUT2D eigenvalue weighted by atomic mass is 10.1. The zero-order valence-electron chi connectivity index (χ0n) is 16.8. The summed E-state index contributed by atoms with van der Waals surface area (Å²) >= 11 is 5.96. The first kappa shape index (κ1) is 20.6. The van der Waals surface area contributed by atoms with E-state index in [2.05, 4.69) is 15.5 Å². The average molecular weight is 434 g/mol. The number of nitrogens with one attached hydrogen (secondary N) is 1. The molecule has 0 fully saturated rings. The molecule has 1 amide bonds. The standard InChI is InChI=1S/C24H20ClN3O3/c1-30-20-13-9-18(10-14-20)23(29)26-21(15-16-5-3-2-4-6-16)24-27-22(28-31-24)17-7-11-19(25)12-8-17/h2-14,21H,15H2,1H3,(H,26,29). The number of halogens is 1. The summed E-state index contributed by atoms with van der Waals surface area (Å²) in [5, 5.41) is 7.72. The van der Waals surface area contributed by atoms with Crippen LogP contribution >= 0.6 is 11.6 Å². The molecule has 1 heterocycles. The zero-order valence-corrected chi connectivity index (χ0v) is 17.5. The third-order valence-electron chi connectivity index (χ3n) is 4.78. The molecule has 7 heteroatoms. The smallest absolute Gasteiger partial charge is 0.251 e. The third kappa shape index (κ3) is 5.10. The van der Waals surface area contributed by atoms with Crippen molar-refractivity contribution < 1.29 is 14.1 Å². The van der Waals surface area contributed by atoms with Crippen LogP contribution in [0.5, 0.6) is 5.75 Å². The molecule has 0 aliphatic carbocycles. The van der Waals surface area contributed by atoms with Crippen LogP contribution in [0, 0.1) is 0 Å². The van der Waals surface area contributed by atoms with E-state index in [0.29, 0.717) is 34.5 Å². The van der Waals surface area contributed by atoms with Gasteiger partial charge in [-0.25, -0.2) is 0 Å². The van der Waals surface area contributed by atoms with Gasteiger partial charge in [0.25, 0.3) is 5.91 Å². The molecular formula is C24H20ClN3O3. The zero-order chi connectivity index (χ0) is 21.6. The molecule has 4 rings (SSSR count). The van der Waals surface area contributed by atoms with Crippen LogP contribution in [-0.2, 0) is 6.42 Å². The van der Waals surface area contributed by atoms with Crippen molar-refractivity contribution in [2.45, 2.75) is 12.5 Å². The van der Waals surface area contributed by atoms with Crippen molar-refractivity contribution in [1.29, 1.82) is 0 Å². The summed E-state index contributed by atoms with van der Waals surface area (Å²) in [5.74, 6) is 1.20. The first-order valence-corrected chi connectivity index (χ1v) is 10.1. The summed E-state index contributed by atoms with van der Waals surface area (Å²) in [6, 6.07) is 23.4. The maximum Gasteiger partial charge on any atom is 0.251 e. The number of methoxy groups -OCH3 is 1. The van der Waals surface area contributed by atoms with Gasteiger partial charge in [0.2, 0.25) is 11.7 Å². The molecule has 3 aromatic carbocycles. The summed E-state index contributed by atoms with van der Waals surface area (Å²) in [7, 11) is 1.58. The largest absolute Gasteiger partial charge is 0.497 e. The first-order valence-electron chi connectivity index (χ1n) is 9.71. The van der Waals surface area contributed by atoms with E-state index in [1.165, 1.54) is 0 Å². The van der Waals surface area contributed by atoms with Gasteiger partial charge in [0, 0.05) is 22.6 Å². The van der Waals surface area contributed by atoms with Crippen LogP contribution in [0.25, 0.3) is 11.4 Å². The average Bonchev–Trinajstić information content (AvgIpc) is 3.30. The number of hydrogen-bond donors (Lipinski definition) is 1. The molecular weight excluding hydrogens is 414 g/mol. The second-order valence-corrected chi connectivity index (χ2v) is 7.34. The molecule has 1 N–H and O–H groups in total. The van der Waals surface area contributed by atoms with Gasteiger partial charge in [0.05, 0.1) is 7.11 Å². The minimum absolute atomic E-state index is 0.241. The van der Waals surface area contributed by atoms with Crippen molar-refractivity contribution in [2.24, 2.45) is 0 Å². The van der Waals surface area contributed by atoms with E-state index < -0.39 is 6.04 Å². The van der Waals surface area contributed by atoms with Gasteiger partial charge < -0.3 is 14.6 Å². The van der Waals surface area contributed by atoms with Crippen LogP contribution in [0.2, 0.25) is 5.02 Å². The predicted molar refractivity (Wildman–Crippen MR) is 118 cm³/mol. The highest BCUT2D eigenvalue weighted by molar-refractivity contribution is 6.30. The van der Waals surface area contributed by atoms with Crippen molar-refractivity contribution in [3.63, 3.8) is 0 Å². The molecule has 0 aliphatic rings. The molecule has 0 bridgehead atoms. The minimum atomic E-state index is -0.495. The number of hydrogen-bond acceptors (Lipinski definition) is 5. The molecule has 0 aliphatic heterocycles. The highest BCUT2D eigenvalue weighted by Gasteiger charge is 2.23. The van der Waals surface area contributed by atoms with Gasteiger partial charge in [-0.1, -0.05) is 47.1 Å². The van der Waals surface area contributed by atoms with Gasteiger partial charge in [-0.3, -0.25) is 4.79 Å². The Morgan fingerprint density at radius 1 is 1.03 bits per heavy atom. The quantitative estimate of drug-likeness (QED) is 0.438. The van der Waals surface area contributed by atoms with E-state index in [-0.39, 0.29) is 5.91 Å². The van der Waals surface area contributed by atoms with Gasteiger partial charge in [0.15, 0.2) is 0 Å². The maximum absolute atomic E-state index is 12.9. The molecule has 0 saturated carbocycles. The van der Waals surface area contributed by atoms with E-state index in [9.17, 15) is 4.79 Å². The lowest BCUT2D eigenvalue weighted by Gasteiger charge is -2.15. The summed E-state index contributed by atoms with van der Waals surface area (Å²) in [5.41, 5.74) is 2.32. The fraction of sp³-hybridized carbons (Fsp3) is 0.125. The lowest BCUT2D eigenvalue weighted by molar-refractivity contribution is 0.0928. The molecule has 1 atom stereocenters. The Morgan fingerprint density at radius 2 is 1.74 bits per heavy atom. The molecule has 1 aromatic heterocycles. The highest BCUT2D eigenvalue weighted by atomic mass is 35.5. The number of amides is 1. The molecule has 156 valence electrons. The van der Waals surface area contributed by atoms with Crippen molar-refractivity contribution in [2.75, 3.05) is 7.11 Å². The Kier molecular flexibility index (Phi) is 6.29. The monoisotopic (exact) mass is 433 g/mol. The van der Waals surface area contributed by atoms with Crippen LogP contribution in [-0.4, -0.2) is 23.2 Å². The summed E-state index contributed by atoms with van der Waals surface area (Å²) < 4.78 is 10.7. The number of carbonyl (C=O) groups excluding carboxylic acids is 1. The Hall–Kier alpha value is -3.64. The minimum Gasteiger partial charge on any atom is -0.497 e. The molecule has 0 saturated heterocycles. The second-order valence-electron chi connectivity index (χ2n) is 6.91. The fourth-order valence-electron chi connectivity index (χ4n) is 3.13. The maximum atomic E-state index is 12.9. The normalized spacial score (nSPS) is 11.7. The van der Waals surface area contributed by atoms with Crippen molar-refractivity contribution >= 4 is 17.5 Å². The molecule has 0 radical (unpaired) electrons. The lowest BCUT2D eigenvalue weighted by Crippen LogP contribution is -2.30. The Morgan fingerprint density at radius 3 is 2.42 bits per heavy atom. The van der Waals surface area contributed by atoms with E-state index in [1.54, 1.807) is 43.5 Å². The van der Waals surface area contributed by atoms with Gasteiger partial charge in [-0.05, 0) is 54.1 Å². The molecule has 1 unspecified atom stereocenters. The van der Waals surface area contributed by atoms with E-state index in [4.69, 9.17) is 20.9 Å². The van der Waals surface area contributed by atoms with E-state index >= 15 is 0 Å². The van der Waals surface area contributed by atoms with Gasteiger partial charge in [0.1, 0.15) is 11.8 Å². The SMILES string of the molecule is COc1ccc(C(=O)NC(Cc2ccccc2)c2nc(-c3ccc(Cl)cc3)no2)cc1. The van der Waals surface area contributed by atoms with Crippen LogP contribution in [0.4, 0.5) is 0 Å². The summed E-state index contributed by atoms with van der Waals surface area (Å²) in [6.07, 6.45) is 0.505. The predicted octanol–water partition coefficient (Wildman–Crippen LogP) is 5.11. The fourth-order valence-corrected chi connectivity index (χ4v) is 3.25. The van der Waals surface area contributed by atoms with E-state index in [0.717, 1.165) is 11.1 Å². The van der Waals surface area contributed by atoms with Crippen LogP contribution in [0.15, 0.2) is 83.4 Å². The van der Waals surface area contributed by atoms with Gasteiger partial charge in [-0.2, -0.15) is 4.98 Å². The molecule has 6 nitrogen and oxygen atoms in total. The summed E-state index contributed by atoms with van der Waals surface area (Å²) in [6.45, 7) is 0. The molecule has 0 spiro atoms. The summed E-state index contributed by atoms with van der Waals surface area (Å²) in [4.78, 5) is 17.4.